The molecule has 298 valence electrons. The Bertz CT molecular complexity index is 2050. The standard InChI is InChI=1S/C40H51N9O6S/c1-7-32-43-28-15-11-12-16-31(28)49(32)18-17-34(51)48-20-19-47(6)40(55)26(5)42-38(54)35(24(2)3)46-36(52)25(4)41-37(53)30-23-56-39(45-30)29(44-33(50)22-48)21-27-13-9-8-10-14-27/h8-16,23-26,29,35H,7,17-22H2,1-6H3,(H,41,53)(H,42,54)(H,44,50)(H,46,52)/t25-,26+,29-,35-/m0/s1. The molecule has 15 nitrogen and oxygen atoms in total. The third-order valence-corrected chi connectivity index (χ3v) is 10.7. The van der Waals surface area contributed by atoms with Crippen molar-refractivity contribution >= 4 is 57.8 Å². The highest BCUT2D eigenvalue weighted by molar-refractivity contribution is 7.09. The van der Waals surface area contributed by atoms with E-state index in [1.807, 2.05) is 66.1 Å². The number of thiazole rings is 1. The summed E-state index contributed by atoms with van der Waals surface area (Å²) in [5.74, 6) is -2.42. The third kappa shape index (κ3) is 10.4. The first kappa shape index (κ1) is 41.5. The van der Waals surface area contributed by atoms with E-state index in [2.05, 4.69) is 26.3 Å². The van der Waals surface area contributed by atoms with Gasteiger partial charge in [-0.3, -0.25) is 28.8 Å². The fraction of sp³-hybridized carbons (Fsp3) is 0.450. The number of likely N-dealkylation sites (N-methyl/N-ethyl adjacent to an activating group) is 1. The summed E-state index contributed by atoms with van der Waals surface area (Å²) < 4.78 is 2.02. The van der Waals surface area contributed by atoms with Gasteiger partial charge in [-0.25, -0.2) is 9.97 Å². The zero-order chi connectivity index (χ0) is 40.5. The van der Waals surface area contributed by atoms with Gasteiger partial charge in [-0.1, -0.05) is 63.2 Å². The first-order valence-electron chi connectivity index (χ1n) is 18.9. The second-order valence-corrected chi connectivity index (χ2v) is 15.3. The van der Waals surface area contributed by atoms with Crippen LogP contribution >= 0.6 is 11.3 Å². The van der Waals surface area contributed by atoms with Gasteiger partial charge in [-0.15, -0.1) is 11.3 Å². The summed E-state index contributed by atoms with van der Waals surface area (Å²) in [6, 6.07) is 13.6. The number of hydrogen-bond acceptors (Lipinski definition) is 9. The van der Waals surface area contributed by atoms with E-state index in [0.717, 1.165) is 22.4 Å². The molecule has 2 bridgehead atoms. The third-order valence-electron chi connectivity index (χ3n) is 9.76. The number of carbonyl (C=O) groups excluding carboxylic acids is 6. The summed E-state index contributed by atoms with van der Waals surface area (Å²) in [5.41, 5.74) is 2.72. The van der Waals surface area contributed by atoms with Gasteiger partial charge in [-0.2, -0.15) is 0 Å². The van der Waals surface area contributed by atoms with Crippen molar-refractivity contribution in [2.24, 2.45) is 5.92 Å². The molecule has 0 unspecified atom stereocenters. The van der Waals surface area contributed by atoms with Crippen molar-refractivity contribution in [3.8, 4) is 0 Å². The largest absolute Gasteiger partial charge is 0.345 e. The predicted octanol–water partition coefficient (Wildman–Crippen LogP) is 2.61. The summed E-state index contributed by atoms with van der Waals surface area (Å²) in [7, 11) is 1.57. The molecule has 4 atom stereocenters. The number of para-hydroxylation sites is 2. The molecule has 4 N–H and O–H groups in total. The Morgan fingerprint density at radius 1 is 0.875 bits per heavy atom. The molecule has 4 aromatic rings. The quantitative estimate of drug-likeness (QED) is 0.220. The minimum absolute atomic E-state index is 0.0357. The molecule has 0 fully saturated rings. The molecule has 0 radical (unpaired) electrons. The molecule has 2 aromatic carbocycles. The maximum absolute atomic E-state index is 14.0. The van der Waals surface area contributed by atoms with Crippen LogP contribution in [0.25, 0.3) is 11.0 Å². The molecule has 0 spiro atoms. The second kappa shape index (κ2) is 18.8. The maximum Gasteiger partial charge on any atom is 0.271 e. The molecule has 1 aliphatic rings. The number of nitrogens with zero attached hydrogens (tertiary/aromatic N) is 5. The van der Waals surface area contributed by atoms with Crippen molar-refractivity contribution in [1.29, 1.82) is 0 Å². The Morgan fingerprint density at radius 3 is 2.30 bits per heavy atom. The highest BCUT2D eigenvalue weighted by Crippen LogP contribution is 2.23. The van der Waals surface area contributed by atoms with E-state index >= 15 is 0 Å². The summed E-state index contributed by atoms with van der Waals surface area (Å²) >= 11 is 1.19. The molecular formula is C40H51N9O6S. The van der Waals surface area contributed by atoms with Gasteiger partial charge in [0.05, 0.1) is 23.6 Å². The van der Waals surface area contributed by atoms with Gasteiger partial charge in [0.25, 0.3) is 5.91 Å². The lowest BCUT2D eigenvalue weighted by Crippen LogP contribution is -2.57. The average Bonchev–Trinajstić information content (AvgIpc) is 3.82. The molecule has 16 heteroatoms. The molecule has 56 heavy (non-hydrogen) atoms. The molecule has 0 saturated carbocycles. The van der Waals surface area contributed by atoms with E-state index < -0.39 is 53.7 Å². The number of rotatable bonds is 7. The highest BCUT2D eigenvalue weighted by Gasteiger charge is 2.31. The van der Waals surface area contributed by atoms with Crippen LogP contribution in [0.1, 0.15) is 74.0 Å². The highest BCUT2D eigenvalue weighted by atomic mass is 32.1. The van der Waals surface area contributed by atoms with E-state index in [1.54, 1.807) is 33.2 Å². The van der Waals surface area contributed by atoms with E-state index in [1.165, 1.54) is 28.1 Å². The van der Waals surface area contributed by atoms with Gasteiger partial charge in [0.15, 0.2) is 0 Å². The van der Waals surface area contributed by atoms with Crippen LogP contribution in [-0.4, -0.2) is 105 Å². The van der Waals surface area contributed by atoms with E-state index in [-0.39, 0.29) is 43.6 Å². The van der Waals surface area contributed by atoms with Crippen molar-refractivity contribution in [1.82, 2.24) is 45.6 Å². The van der Waals surface area contributed by atoms with Crippen LogP contribution in [0.4, 0.5) is 0 Å². The van der Waals surface area contributed by atoms with Crippen LogP contribution in [-0.2, 0) is 43.4 Å². The number of nitrogens with one attached hydrogen (secondary N) is 4. The molecule has 2 aromatic heterocycles. The average molecular weight is 786 g/mol. The van der Waals surface area contributed by atoms with Crippen LogP contribution in [0.15, 0.2) is 60.0 Å². The Hall–Kier alpha value is -5.64. The number of amides is 6. The van der Waals surface area contributed by atoms with Crippen molar-refractivity contribution in [3.63, 3.8) is 0 Å². The summed E-state index contributed by atoms with van der Waals surface area (Å²) in [6.07, 6.45) is 1.10. The minimum atomic E-state index is -1.02. The van der Waals surface area contributed by atoms with Gasteiger partial charge >= 0.3 is 0 Å². The Labute approximate surface area is 330 Å². The first-order chi connectivity index (χ1) is 26.7. The second-order valence-electron chi connectivity index (χ2n) is 14.4. The van der Waals surface area contributed by atoms with Gasteiger partial charge < -0.3 is 35.6 Å². The first-order valence-corrected chi connectivity index (χ1v) is 19.8. The topological polar surface area (TPSA) is 188 Å². The van der Waals surface area contributed by atoms with Gasteiger partial charge in [0.1, 0.15) is 34.7 Å². The van der Waals surface area contributed by atoms with Crippen LogP contribution in [0.2, 0.25) is 0 Å². The van der Waals surface area contributed by atoms with Crippen molar-refractivity contribution in [3.05, 3.63) is 82.1 Å². The van der Waals surface area contributed by atoms with Crippen LogP contribution in [0.5, 0.6) is 0 Å². The Balaban J connectivity index is 1.44. The lowest BCUT2D eigenvalue weighted by atomic mass is 10.0. The lowest BCUT2D eigenvalue weighted by molar-refractivity contribution is -0.139. The van der Waals surface area contributed by atoms with Crippen LogP contribution in [0, 0.1) is 5.92 Å². The number of imidazole rings is 1. The van der Waals surface area contributed by atoms with Gasteiger partial charge in [0.2, 0.25) is 29.5 Å². The SMILES string of the molecule is CCc1nc2ccccc2n1CCC(=O)N1CCN(C)C(=O)[C@@H](C)NC(=O)[C@H](C(C)C)NC(=O)[C@H](C)NC(=O)c2csc(n2)[C@H](Cc2ccccc2)NC(=O)C1. The number of fused-ring (bicyclic) bond motifs is 3. The van der Waals surface area contributed by atoms with E-state index in [4.69, 9.17) is 4.98 Å². The Morgan fingerprint density at radius 2 is 1.59 bits per heavy atom. The number of aryl methyl sites for hydroxylation is 2. The summed E-state index contributed by atoms with van der Waals surface area (Å²) in [6.45, 7) is 8.71. The minimum Gasteiger partial charge on any atom is -0.345 e. The summed E-state index contributed by atoms with van der Waals surface area (Å²) in [5, 5.41) is 13.1. The molecule has 5 rings (SSSR count). The molecule has 1 aliphatic heterocycles. The molecular weight excluding hydrogens is 735 g/mol. The monoisotopic (exact) mass is 785 g/mol. The molecule has 3 heterocycles. The van der Waals surface area contributed by atoms with Crippen molar-refractivity contribution < 1.29 is 28.8 Å². The van der Waals surface area contributed by atoms with Gasteiger partial charge in [0, 0.05) is 44.9 Å². The summed E-state index contributed by atoms with van der Waals surface area (Å²) in [4.78, 5) is 93.4. The Kier molecular flexibility index (Phi) is 13.9. The van der Waals surface area contributed by atoms with E-state index in [0.29, 0.717) is 24.4 Å². The normalized spacial score (nSPS) is 20.9. The smallest absolute Gasteiger partial charge is 0.271 e. The predicted molar refractivity (Wildman–Crippen MR) is 212 cm³/mol. The zero-order valence-corrected chi connectivity index (χ0v) is 33.5. The molecule has 0 saturated heterocycles. The fourth-order valence-electron chi connectivity index (χ4n) is 6.54. The maximum atomic E-state index is 14.0. The molecule has 6 amide bonds. The lowest BCUT2D eigenvalue weighted by Gasteiger charge is -2.29. The van der Waals surface area contributed by atoms with Crippen molar-refractivity contribution in [2.45, 2.75) is 84.6 Å². The van der Waals surface area contributed by atoms with Gasteiger partial charge in [-0.05, 0) is 43.9 Å². The number of carbonyl (C=O) groups is 6. The fourth-order valence-corrected chi connectivity index (χ4v) is 7.39. The van der Waals surface area contributed by atoms with Crippen LogP contribution < -0.4 is 21.3 Å². The van der Waals surface area contributed by atoms with Crippen molar-refractivity contribution in [2.75, 3.05) is 26.7 Å². The van der Waals surface area contributed by atoms with E-state index in [9.17, 15) is 28.8 Å². The number of benzene rings is 2. The molecule has 0 aliphatic carbocycles. The number of aromatic nitrogens is 3. The zero-order valence-electron chi connectivity index (χ0n) is 32.7. The van der Waals surface area contributed by atoms with Crippen LogP contribution in [0.3, 0.4) is 0 Å². The number of hydrogen-bond donors (Lipinski definition) is 4.